The van der Waals surface area contributed by atoms with Gasteiger partial charge >= 0.3 is 5.97 Å². The fraction of sp³-hybridized carbons (Fsp3) is 0.400. The van der Waals surface area contributed by atoms with Crippen molar-refractivity contribution in [3.05, 3.63) is 35.4 Å². The maximum absolute atomic E-state index is 13.9. The van der Waals surface area contributed by atoms with Crippen LogP contribution in [0.5, 0.6) is 0 Å². The number of carbonyl (C=O) groups excluding carboxylic acids is 2. The summed E-state index contributed by atoms with van der Waals surface area (Å²) in [6.07, 6.45) is 0.104. The van der Waals surface area contributed by atoms with Crippen molar-refractivity contribution in [1.29, 1.82) is 0 Å². The van der Waals surface area contributed by atoms with E-state index in [1.165, 1.54) is 6.92 Å². The Hall–Kier alpha value is -1.96. The molecule has 8 heteroatoms. The number of halogens is 2. The highest BCUT2D eigenvalue weighted by atomic mass is 32.2. The molecule has 0 aromatic heterocycles. The summed E-state index contributed by atoms with van der Waals surface area (Å²) in [5.41, 5.74) is -0.257. The van der Waals surface area contributed by atoms with Crippen molar-refractivity contribution < 1.29 is 28.3 Å². The highest BCUT2D eigenvalue weighted by Gasteiger charge is 2.39. The van der Waals surface area contributed by atoms with Crippen LogP contribution < -0.4 is 0 Å². The fourth-order valence-corrected chi connectivity index (χ4v) is 3.26. The molecule has 1 saturated heterocycles. The molecule has 1 N–H and O–H groups in total. The first kappa shape index (κ1) is 17.4. The molecule has 2 atom stereocenters. The number of amides is 1. The minimum absolute atomic E-state index is 0.0877. The van der Waals surface area contributed by atoms with Gasteiger partial charge in [-0.25, -0.2) is 13.6 Å². The molecule has 1 aliphatic heterocycles. The number of carboxylic acids is 1. The van der Waals surface area contributed by atoms with Crippen LogP contribution in [-0.4, -0.2) is 39.3 Å². The second kappa shape index (κ2) is 7.08. The number of hydrogen-bond donors (Lipinski definition) is 1. The van der Waals surface area contributed by atoms with E-state index in [1.54, 1.807) is 0 Å². The van der Waals surface area contributed by atoms with Crippen LogP contribution in [0, 0.1) is 17.6 Å². The van der Waals surface area contributed by atoms with Crippen LogP contribution in [0.1, 0.15) is 24.9 Å². The molecule has 1 fully saturated rings. The lowest BCUT2D eigenvalue weighted by atomic mass is 10.0. The van der Waals surface area contributed by atoms with Crippen molar-refractivity contribution in [2.45, 2.75) is 19.4 Å². The number of likely N-dealkylation sites (tertiary alicyclic amines) is 1. The Balaban J connectivity index is 2.23. The third-order valence-corrected chi connectivity index (χ3v) is 4.61. The molecule has 1 aliphatic rings. The Bertz CT molecular complexity index is 652. The maximum atomic E-state index is 13.9. The van der Waals surface area contributed by atoms with Crippen molar-refractivity contribution in [3.63, 3.8) is 0 Å². The van der Waals surface area contributed by atoms with Gasteiger partial charge in [0.2, 0.25) is 5.91 Å². The van der Waals surface area contributed by atoms with Gasteiger partial charge in [-0.3, -0.25) is 9.59 Å². The normalized spacial score (nSPS) is 19.0. The van der Waals surface area contributed by atoms with Crippen molar-refractivity contribution in [2.24, 2.45) is 5.92 Å². The molecular weight excluding hydrogens is 328 g/mol. The topological polar surface area (TPSA) is 74.7 Å². The SMILES string of the molecule is CC(=O)SCC1CC(=O)N(C(C(=O)O)c2ccc(F)cc2F)C1. The number of aliphatic carboxylic acids is 1. The van der Waals surface area contributed by atoms with E-state index in [2.05, 4.69) is 0 Å². The summed E-state index contributed by atoms with van der Waals surface area (Å²) in [6.45, 7) is 1.53. The number of carboxylic acid groups (broad SMARTS) is 1. The van der Waals surface area contributed by atoms with Gasteiger partial charge in [-0.15, -0.1) is 0 Å². The Morgan fingerprint density at radius 3 is 2.70 bits per heavy atom. The molecule has 1 aromatic rings. The van der Waals surface area contributed by atoms with E-state index in [9.17, 15) is 28.3 Å². The molecule has 1 amide bonds. The van der Waals surface area contributed by atoms with Gasteiger partial charge in [0.05, 0.1) is 0 Å². The van der Waals surface area contributed by atoms with Crippen molar-refractivity contribution in [3.8, 4) is 0 Å². The average Bonchev–Trinajstić information content (AvgIpc) is 2.80. The van der Waals surface area contributed by atoms with Crippen LogP contribution in [0.15, 0.2) is 18.2 Å². The van der Waals surface area contributed by atoms with Gasteiger partial charge in [0.25, 0.3) is 0 Å². The molecule has 2 rings (SSSR count). The molecule has 23 heavy (non-hydrogen) atoms. The maximum Gasteiger partial charge on any atom is 0.331 e. The van der Waals surface area contributed by atoms with Crippen molar-refractivity contribution >= 4 is 28.8 Å². The van der Waals surface area contributed by atoms with Crippen molar-refractivity contribution in [2.75, 3.05) is 12.3 Å². The van der Waals surface area contributed by atoms with Crippen LogP contribution in [-0.2, 0) is 14.4 Å². The van der Waals surface area contributed by atoms with Crippen LogP contribution in [0.4, 0.5) is 8.78 Å². The summed E-state index contributed by atoms with van der Waals surface area (Å²) in [5, 5.41) is 9.30. The van der Waals surface area contributed by atoms with Crippen LogP contribution in [0.2, 0.25) is 0 Å². The summed E-state index contributed by atoms with van der Waals surface area (Å²) in [6, 6.07) is 1.08. The predicted octanol–water partition coefficient (Wildman–Crippen LogP) is 2.22. The standard InChI is InChI=1S/C15H15F2NO4S/c1-8(19)23-7-9-4-13(20)18(6-9)14(15(21)22)11-3-2-10(16)5-12(11)17/h2-3,5,9,14H,4,6-7H2,1H3,(H,21,22). The lowest BCUT2D eigenvalue weighted by molar-refractivity contribution is -0.148. The molecular formula is C15H15F2NO4S. The largest absolute Gasteiger partial charge is 0.479 e. The summed E-state index contributed by atoms with van der Waals surface area (Å²) in [4.78, 5) is 35.7. The average molecular weight is 343 g/mol. The van der Waals surface area contributed by atoms with Crippen LogP contribution in [0.3, 0.4) is 0 Å². The molecule has 0 bridgehead atoms. The van der Waals surface area contributed by atoms with Gasteiger partial charge in [-0.2, -0.15) is 0 Å². The Morgan fingerprint density at radius 1 is 1.43 bits per heavy atom. The van der Waals surface area contributed by atoms with E-state index in [-0.39, 0.29) is 29.6 Å². The molecule has 1 heterocycles. The number of nitrogens with zero attached hydrogens (tertiary/aromatic N) is 1. The minimum atomic E-state index is -1.50. The highest BCUT2D eigenvalue weighted by Crippen LogP contribution is 2.32. The van der Waals surface area contributed by atoms with E-state index in [4.69, 9.17) is 0 Å². The Labute approximate surface area is 135 Å². The third kappa shape index (κ3) is 4.07. The Morgan fingerprint density at radius 2 is 2.13 bits per heavy atom. The van der Waals surface area contributed by atoms with Gasteiger partial charge in [0.1, 0.15) is 11.6 Å². The zero-order chi connectivity index (χ0) is 17.1. The van der Waals surface area contributed by atoms with E-state index in [1.807, 2.05) is 0 Å². The summed E-state index contributed by atoms with van der Waals surface area (Å²) in [5.74, 6) is -3.41. The highest BCUT2D eigenvalue weighted by molar-refractivity contribution is 8.13. The number of rotatable bonds is 5. The van der Waals surface area contributed by atoms with Gasteiger partial charge in [0, 0.05) is 37.3 Å². The van der Waals surface area contributed by atoms with E-state index in [0.29, 0.717) is 11.8 Å². The van der Waals surface area contributed by atoms with E-state index < -0.39 is 29.6 Å². The quantitative estimate of drug-likeness (QED) is 0.887. The van der Waals surface area contributed by atoms with Crippen molar-refractivity contribution in [1.82, 2.24) is 4.90 Å². The number of hydrogen-bond acceptors (Lipinski definition) is 4. The first-order valence-corrected chi connectivity index (χ1v) is 7.88. The number of benzene rings is 1. The minimum Gasteiger partial charge on any atom is -0.479 e. The molecule has 124 valence electrons. The second-order valence-electron chi connectivity index (χ2n) is 5.33. The Kier molecular flexibility index (Phi) is 5.35. The van der Waals surface area contributed by atoms with Gasteiger partial charge in [-0.1, -0.05) is 17.8 Å². The first-order valence-electron chi connectivity index (χ1n) is 6.90. The third-order valence-electron chi connectivity index (χ3n) is 3.56. The van der Waals surface area contributed by atoms with Gasteiger partial charge in [0.15, 0.2) is 11.2 Å². The molecule has 0 radical (unpaired) electrons. The molecule has 0 saturated carbocycles. The van der Waals surface area contributed by atoms with Gasteiger partial charge < -0.3 is 10.0 Å². The molecule has 2 unspecified atom stereocenters. The number of carbonyl (C=O) groups is 3. The monoisotopic (exact) mass is 343 g/mol. The summed E-state index contributed by atoms with van der Waals surface area (Å²) >= 11 is 1.06. The predicted molar refractivity (Wildman–Crippen MR) is 79.7 cm³/mol. The molecule has 0 aliphatic carbocycles. The molecule has 1 aromatic carbocycles. The second-order valence-corrected chi connectivity index (χ2v) is 6.52. The summed E-state index contributed by atoms with van der Waals surface area (Å²) in [7, 11) is 0. The lowest BCUT2D eigenvalue weighted by Crippen LogP contribution is -2.36. The van der Waals surface area contributed by atoms with Gasteiger partial charge in [-0.05, 0) is 12.0 Å². The smallest absolute Gasteiger partial charge is 0.331 e. The zero-order valence-electron chi connectivity index (χ0n) is 12.3. The summed E-state index contributed by atoms with van der Waals surface area (Å²) < 4.78 is 26.9. The van der Waals surface area contributed by atoms with E-state index >= 15 is 0 Å². The fourth-order valence-electron chi connectivity index (χ4n) is 2.56. The van der Waals surface area contributed by atoms with Crippen LogP contribution >= 0.6 is 11.8 Å². The van der Waals surface area contributed by atoms with Crippen LogP contribution in [0.25, 0.3) is 0 Å². The lowest BCUT2D eigenvalue weighted by Gasteiger charge is -2.25. The molecule has 0 spiro atoms. The first-order chi connectivity index (χ1) is 10.8. The number of thioether (sulfide) groups is 1. The zero-order valence-corrected chi connectivity index (χ0v) is 13.1. The molecule has 5 nitrogen and oxygen atoms in total. The van der Waals surface area contributed by atoms with E-state index in [0.717, 1.165) is 28.8 Å².